The third-order valence-corrected chi connectivity index (χ3v) is 5.74. The minimum absolute atomic E-state index is 0.226. The second kappa shape index (κ2) is 9.85. The number of aromatic nitrogens is 2. The molecule has 1 heterocycles. The zero-order valence-electron chi connectivity index (χ0n) is 17.0. The van der Waals surface area contributed by atoms with E-state index in [9.17, 15) is 9.59 Å². The van der Waals surface area contributed by atoms with Crippen LogP contribution in [0.5, 0.6) is 0 Å². The Morgan fingerprint density at radius 2 is 1.35 bits per heavy atom. The summed E-state index contributed by atoms with van der Waals surface area (Å²) >= 11 is 0. The summed E-state index contributed by atoms with van der Waals surface area (Å²) in [5.74, 6) is -0.651. The van der Waals surface area contributed by atoms with Crippen LogP contribution >= 0.6 is 0 Å². The maximum absolute atomic E-state index is 15.2. The number of halogens is 1. The van der Waals surface area contributed by atoms with Crippen LogP contribution in [0.2, 0.25) is 0 Å². The molecule has 6 nitrogen and oxygen atoms in total. The van der Waals surface area contributed by atoms with Gasteiger partial charge in [-0.15, -0.1) is 0 Å². The minimum atomic E-state index is -1.27. The second-order valence-corrected chi connectivity index (χ2v) is 7.78. The lowest BCUT2D eigenvalue weighted by Crippen LogP contribution is -2.56. The molecule has 0 aliphatic heterocycles. The van der Waals surface area contributed by atoms with Crippen molar-refractivity contribution < 1.29 is 13.9 Å². The number of hydrogen-bond acceptors (Lipinski definition) is 4. The lowest BCUT2D eigenvalue weighted by Gasteiger charge is -2.48. The first-order valence-electron chi connectivity index (χ1n) is 10.3. The minimum Gasteiger partial charge on any atom is -0.376 e. The third kappa shape index (κ3) is 5.00. The Balaban J connectivity index is 1.43. The molecule has 1 saturated carbocycles. The van der Waals surface area contributed by atoms with Crippen molar-refractivity contribution in [3.63, 3.8) is 0 Å². The lowest BCUT2D eigenvalue weighted by molar-refractivity contribution is -0.116. The molecule has 3 aromatic rings. The molecule has 1 fully saturated rings. The monoisotopic (exact) mass is 424 g/mol. The van der Waals surface area contributed by atoms with Gasteiger partial charge in [-0.3, -0.25) is 14.3 Å². The first-order valence-corrected chi connectivity index (χ1v) is 10.3. The molecule has 7 heteroatoms. The second-order valence-electron chi connectivity index (χ2n) is 7.78. The van der Waals surface area contributed by atoms with Gasteiger partial charge in [-0.1, -0.05) is 60.7 Å². The Morgan fingerprint density at radius 1 is 0.806 bits per heavy atom. The molecule has 0 bridgehead atoms. The standard InChI is InChI=1S/C24H25FN2O4/c25-22-19(15-30-13-17-7-3-1-4-8-17)20(16-31-14-18-9-5-2-6-10-18)23(22)27-12-11-21(28)26-24(27)29/h1-12,19-20,22-23H,13-16H2,(H,26,28,29)/t19-,20-,22+,23+/m1/s1. The fourth-order valence-electron chi connectivity index (χ4n) is 4.07. The Labute approximate surface area is 179 Å². The van der Waals surface area contributed by atoms with Crippen LogP contribution in [-0.4, -0.2) is 28.9 Å². The summed E-state index contributed by atoms with van der Waals surface area (Å²) in [6.45, 7) is 1.30. The normalized spacial score (nSPS) is 22.7. The number of nitrogens with zero attached hydrogens (tertiary/aromatic N) is 1. The number of alkyl halides is 1. The van der Waals surface area contributed by atoms with Gasteiger partial charge in [-0.25, -0.2) is 9.18 Å². The van der Waals surface area contributed by atoms with Crippen molar-refractivity contribution in [2.24, 2.45) is 11.8 Å². The van der Waals surface area contributed by atoms with E-state index in [1.54, 1.807) is 0 Å². The zero-order chi connectivity index (χ0) is 21.6. The molecule has 2 aromatic carbocycles. The lowest BCUT2D eigenvalue weighted by atomic mass is 9.68. The van der Waals surface area contributed by atoms with Crippen molar-refractivity contribution in [3.8, 4) is 0 Å². The average Bonchev–Trinajstić information content (AvgIpc) is 2.79. The van der Waals surface area contributed by atoms with Gasteiger partial charge >= 0.3 is 5.69 Å². The van der Waals surface area contributed by atoms with E-state index in [0.717, 1.165) is 11.1 Å². The van der Waals surface area contributed by atoms with Crippen LogP contribution in [0.15, 0.2) is 82.5 Å². The van der Waals surface area contributed by atoms with Crippen LogP contribution in [0, 0.1) is 11.8 Å². The molecule has 0 radical (unpaired) electrons. The van der Waals surface area contributed by atoms with Crippen LogP contribution in [0.4, 0.5) is 4.39 Å². The van der Waals surface area contributed by atoms with Crippen LogP contribution in [-0.2, 0) is 22.7 Å². The van der Waals surface area contributed by atoms with E-state index < -0.39 is 29.4 Å². The quantitative estimate of drug-likeness (QED) is 0.573. The molecule has 162 valence electrons. The van der Waals surface area contributed by atoms with E-state index >= 15 is 4.39 Å². The Morgan fingerprint density at radius 3 is 1.90 bits per heavy atom. The molecule has 0 unspecified atom stereocenters. The highest BCUT2D eigenvalue weighted by Crippen LogP contribution is 2.46. The van der Waals surface area contributed by atoms with E-state index in [2.05, 4.69) is 4.98 Å². The summed E-state index contributed by atoms with van der Waals surface area (Å²) in [6.07, 6.45) is 0.0774. The molecule has 4 rings (SSSR count). The van der Waals surface area contributed by atoms with E-state index in [4.69, 9.17) is 9.47 Å². The molecule has 31 heavy (non-hydrogen) atoms. The SMILES string of the molecule is O=c1ccn([C@@H]2[C@@H](F)[C@H](COCc3ccccc3)[C@H]2COCc2ccccc2)c(=O)[nH]1. The van der Waals surface area contributed by atoms with Gasteiger partial charge in [0.1, 0.15) is 6.17 Å². The van der Waals surface area contributed by atoms with E-state index in [1.165, 1.54) is 16.8 Å². The highest BCUT2D eigenvalue weighted by Gasteiger charge is 2.52. The maximum Gasteiger partial charge on any atom is 0.328 e. The number of hydrogen-bond donors (Lipinski definition) is 1. The largest absolute Gasteiger partial charge is 0.376 e. The van der Waals surface area contributed by atoms with Crippen molar-refractivity contribution in [2.45, 2.75) is 25.4 Å². The molecule has 1 aliphatic carbocycles. The van der Waals surface area contributed by atoms with Crippen molar-refractivity contribution in [2.75, 3.05) is 13.2 Å². The molecule has 0 spiro atoms. The highest BCUT2D eigenvalue weighted by molar-refractivity contribution is 5.14. The van der Waals surface area contributed by atoms with Gasteiger partial charge in [0.15, 0.2) is 0 Å². The number of rotatable bonds is 9. The Bertz CT molecular complexity index is 1080. The summed E-state index contributed by atoms with van der Waals surface area (Å²) in [6, 6.07) is 19.9. The van der Waals surface area contributed by atoms with E-state index in [-0.39, 0.29) is 19.1 Å². The molecular weight excluding hydrogens is 399 g/mol. The number of nitrogens with one attached hydrogen (secondary N) is 1. The highest BCUT2D eigenvalue weighted by atomic mass is 19.1. The fourth-order valence-corrected chi connectivity index (χ4v) is 4.07. The summed E-state index contributed by atoms with van der Waals surface area (Å²) in [5.41, 5.74) is 0.920. The van der Waals surface area contributed by atoms with E-state index in [1.807, 2.05) is 60.7 Å². The predicted octanol–water partition coefficient (Wildman–Crippen LogP) is 3.10. The molecule has 1 N–H and O–H groups in total. The number of aromatic amines is 1. The third-order valence-electron chi connectivity index (χ3n) is 5.74. The molecule has 1 aliphatic rings. The summed E-state index contributed by atoms with van der Waals surface area (Å²) < 4.78 is 28.1. The van der Waals surface area contributed by atoms with Gasteiger partial charge in [0.25, 0.3) is 5.56 Å². The Kier molecular flexibility index (Phi) is 6.74. The number of benzene rings is 2. The average molecular weight is 424 g/mol. The fraction of sp³-hybridized carbons (Fsp3) is 0.333. The first-order chi connectivity index (χ1) is 15.1. The van der Waals surface area contributed by atoms with Crippen LogP contribution in [0.1, 0.15) is 17.2 Å². The van der Waals surface area contributed by atoms with Gasteiger partial charge in [-0.05, 0) is 11.1 Å². The molecule has 4 atom stereocenters. The summed E-state index contributed by atoms with van der Waals surface area (Å²) in [5, 5.41) is 0. The van der Waals surface area contributed by atoms with Crippen LogP contribution in [0.25, 0.3) is 0 Å². The number of ether oxygens (including phenoxy) is 2. The smallest absolute Gasteiger partial charge is 0.328 e. The van der Waals surface area contributed by atoms with Crippen molar-refractivity contribution in [3.05, 3.63) is 105 Å². The van der Waals surface area contributed by atoms with Gasteiger partial charge in [0.2, 0.25) is 0 Å². The summed E-state index contributed by atoms with van der Waals surface area (Å²) in [7, 11) is 0. The van der Waals surface area contributed by atoms with Crippen molar-refractivity contribution in [1.82, 2.24) is 9.55 Å². The molecule has 0 saturated heterocycles. The summed E-state index contributed by atoms with van der Waals surface area (Å²) in [4.78, 5) is 25.8. The van der Waals surface area contributed by atoms with Crippen LogP contribution in [0.3, 0.4) is 0 Å². The Hall–Kier alpha value is -3.03. The molecule has 1 aromatic heterocycles. The van der Waals surface area contributed by atoms with Gasteiger partial charge < -0.3 is 9.47 Å². The van der Waals surface area contributed by atoms with Crippen LogP contribution < -0.4 is 11.2 Å². The molecular formula is C24H25FN2O4. The maximum atomic E-state index is 15.2. The van der Waals surface area contributed by atoms with Gasteiger partial charge in [0.05, 0.1) is 32.5 Å². The van der Waals surface area contributed by atoms with Crippen molar-refractivity contribution in [1.29, 1.82) is 0 Å². The van der Waals surface area contributed by atoms with Crippen molar-refractivity contribution >= 4 is 0 Å². The number of H-pyrrole nitrogens is 1. The van der Waals surface area contributed by atoms with E-state index in [0.29, 0.717) is 13.2 Å². The van der Waals surface area contributed by atoms with Gasteiger partial charge in [-0.2, -0.15) is 0 Å². The first kappa shape index (κ1) is 21.2. The topological polar surface area (TPSA) is 73.3 Å². The zero-order valence-corrected chi connectivity index (χ0v) is 17.0. The predicted molar refractivity (Wildman–Crippen MR) is 114 cm³/mol. The van der Waals surface area contributed by atoms with Gasteiger partial charge in [0, 0.05) is 24.1 Å². The molecule has 0 amide bonds.